The van der Waals surface area contributed by atoms with Crippen LogP contribution in [0.15, 0.2) is 0 Å². The van der Waals surface area contributed by atoms with E-state index in [0.717, 1.165) is 0 Å². The van der Waals surface area contributed by atoms with Gasteiger partial charge in [-0.2, -0.15) is 0 Å². The van der Waals surface area contributed by atoms with Gasteiger partial charge in [0.25, 0.3) is 0 Å². The normalized spacial score (nSPS) is 15.6. The molecule has 3 unspecified atom stereocenters. The molecule has 0 saturated carbocycles. The van der Waals surface area contributed by atoms with Gasteiger partial charge in [-0.3, -0.25) is 9.59 Å². The van der Waals surface area contributed by atoms with Crippen LogP contribution in [0.4, 0.5) is 0 Å². The highest BCUT2D eigenvalue weighted by Gasteiger charge is 2.31. The molecule has 0 bridgehead atoms. The van der Waals surface area contributed by atoms with Crippen molar-refractivity contribution in [1.29, 1.82) is 0 Å². The van der Waals surface area contributed by atoms with E-state index in [1.807, 2.05) is 6.92 Å². The van der Waals surface area contributed by atoms with Crippen molar-refractivity contribution in [2.75, 3.05) is 20.7 Å². The maximum absolute atomic E-state index is 10.9. The van der Waals surface area contributed by atoms with Gasteiger partial charge in [0.2, 0.25) is 12.8 Å². The van der Waals surface area contributed by atoms with Gasteiger partial charge in [0.1, 0.15) is 6.23 Å². The van der Waals surface area contributed by atoms with Gasteiger partial charge in [0, 0.05) is 32.7 Å². The average molecular weight is 260 g/mol. The molecule has 0 heterocycles. The van der Waals surface area contributed by atoms with Crippen LogP contribution in [0.1, 0.15) is 26.2 Å². The first-order valence-electron chi connectivity index (χ1n) is 6.16. The summed E-state index contributed by atoms with van der Waals surface area (Å²) in [5.74, 6) is -0.234. The van der Waals surface area contributed by atoms with Gasteiger partial charge in [-0.15, -0.1) is 0 Å². The molecule has 0 radical (unpaired) electrons. The van der Waals surface area contributed by atoms with Crippen LogP contribution in [0.2, 0.25) is 0 Å². The lowest BCUT2D eigenvalue weighted by molar-refractivity contribution is -0.133. The molecule has 2 amide bonds. The first-order chi connectivity index (χ1) is 8.53. The standard InChI is InChI=1S/C12H24N2O4/c1-4-10(12(18)14(3)9-17)11(6-5-7-15)13(2)8-16/h8-12,15,18H,4-7H2,1-3H3. The molecule has 0 spiro atoms. The van der Waals surface area contributed by atoms with Crippen molar-refractivity contribution in [2.24, 2.45) is 5.92 Å². The summed E-state index contributed by atoms with van der Waals surface area (Å²) in [6.45, 7) is 1.94. The van der Waals surface area contributed by atoms with Crippen LogP contribution < -0.4 is 0 Å². The third kappa shape index (κ3) is 4.62. The lowest BCUT2D eigenvalue weighted by Gasteiger charge is -2.37. The molecule has 6 nitrogen and oxygen atoms in total. The zero-order valence-corrected chi connectivity index (χ0v) is 11.3. The number of carbonyl (C=O) groups is 2. The molecule has 0 saturated heterocycles. The van der Waals surface area contributed by atoms with Crippen molar-refractivity contribution in [2.45, 2.75) is 38.5 Å². The molecular weight excluding hydrogens is 236 g/mol. The lowest BCUT2D eigenvalue weighted by atomic mass is 9.90. The Balaban J connectivity index is 4.88. The molecule has 3 atom stereocenters. The molecule has 0 aromatic rings. The second-order valence-corrected chi connectivity index (χ2v) is 4.46. The van der Waals surface area contributed by atoms with Gasteiger partial charge in [-0.25, -0.2) is 0 Å². The zero-order chi connectivity index (χ0) is 14.1. The minimum Gasteiger partial charge on any atom is -0.396 e. The van der Waals surface area contributed by atoms with Gasteiger partial charge in [-0.1, -0.05) is 6.92 Å². The first-order valence-corrected chi connectivity index (χ1v) is 6.16. The molecule has 0 aliphatic rings. The molecular formula is C12H24N2O4. The Morgan fingerprint density at radius 1 is 1.17 bits per heavy atom. The van der Waals surface area contributed by atoms with E-state index < -0.39 is 6.23 Å². The maximum Gasteiger partial charge on any atom is 0.211 e. The summed E-state index contributed by atoms with van der Waals surface area (Å²) < 4.78 is 0. The van der Waals surface area contributed by atoms with Gasteiger partial charge in [0.05, 0.1) is 0 Å². The maximum atomic E-state index is 10.9. The van der Waals surface area contributed by atoms with E-state index in [9.17, 15) is 14.7 Å². The lowest BCUT2D eigenvalue weighted by Crippen LogP contribution is -2.48. The molecule has 106 valence electrons. The van der Waals surface area contributed by atoms with E-state index in [1.54, 1.807) is 7.05 Å². The van der Waals surface area contributed by atoms with E-state index in [1.165, 1.54) is 16.8 Å². The Hall–Kier alpha value is -1.14. The smallest absolute Gasteiger partial charge is 0.211 e. The van der Waals surface area contributed by atoms with Gasteiger partial charge in [-0.05, 0) is 19.3 Å². The van der Waals surface area contributed by atoms with Crippen molar-refractivity contribution >= 4 is 12.8 Å². The highest BCUT2D eigenvalue weighted by atomic mass is 16.3. The number of aliphatic hydroxyl groups is 2. The quantitative estimate of drug-likeness (QED) is 0.415. The first kappa shape index (κ1) is 16.9. The predicted molar refractivity (Wildman–Crippen MR) is 67.5 cm³/mol. The Morgan fingerprint density at radius 2 is 1.72 bits per heavy atom. The molecule has 18 heavy (non-hydrogen) atoms. The Labute approximate surface area is 108 Å². The summed E-state index contributed by atoms with van der Waals surface area (Å²) in [4.78, 5) is 24.3. The van der Waals surface area contributed by atoms with Gasteiger partial charge in [0.15, 0.2) is 0 Å². The number of hydrogen-bond acceptors (Lipinski definition) is 4. The summed E-state index contributed by atoms with van der Waals surface area (Å²) in [7, 11) is 3.15. The van der Waals surface area contributed by atoms with Crippen LogP contribution in [-0.4, -0.2) is 65.8 Å². The minimum atomic E-state index is -0.932. The molecule has 0 rings (SSSR count). The van der Waals surface area contributed by atoms with Crippen molar-refractivity contribution < 1.29 is 19.8 Å². The number of hydrogen-bond donors (Lipinski definition) is 2. The molecule has 0 aliphatic carbocycles. The highest BCUT2D eigenvalue weighted by molar-refractivity contribution is 5.48. The zero-order valence-electron chi connectivity index (χ0n) is 11.3. The summed E-state index contributed by atoms with van der Waals surface area (Å²) in [5, 5.41) is 19.0. The summed E-state index contributed by atoms with van der Waals surface area (Å²) in [5.41, 5.74) is 0. The summed E-state index contributed by atoms with van der Waals surface area (Å²) in [6, 6.07) is -0.197. The van der Waals surface area contributed by atoms with Crippen LogP contribution in [-0.2, 0) is 9.59 Å². The van der Waals surface area contributed by atoms with Crippen molar-refractivity contribution in [3.8, 4) is 0 Å². The molecule has 2 N–H and O–H groups in total. The van der Waals surface area contributed by atoms with Crippen LogP contribution in [0, 0.1) is 5.92 Å². The van der Waals surface area contributed by atoms with E-state index in [-0.39, 0.29) is 18.6 Å². The fraction of sp³-hybridized carbons (Fsp3) is 0.833. The van der Waals surface area contributed by atoms with Crippen molar-refractivity contribution in [3.63, 3.8) is 0 Å². The minimum absolute atomic E-state index is 0.0409. The summed E-state index contributed by atoms with van der Waals surface area (Å²) >= 11 is 0. The molecule has 0 aliphatic heterocycles. The number of rotatable bonds is 10. The van der Waals surface area contributed by atoms with Crippen molar-refractivity contribution in [3.05, 3.63) is 0 Å². The number of nitrogens with zero attached hydrogens (tertiary/aromatic N) is 2. The third-order valence-electron chi connectivity index (χ3n) is 3.28. The number of carbonyl (C=O) groups excluding carboxylic acids is 2. The van der Waals surface area contributed by atoms with E-state index in [4.69, 9.17) is 5.11 Å². The largest absolute Gasteiger partial charge is 0.396 e. The third-order valence-corrected chi connectivity index (χ3v) is 3.28. The molecule has 6 heteroatoms. The molecule has 0 aromatic carbocycles. The molecule has 0 aromatic heterocycles. The van der Waals surface area contributed by atoms with E-state index >= 15 is 0 Å². The van der Waals surface area contributed by atoms with Crippen LogP contribution in [0.25, 0.3) is 0 Å². The van der Waals surface area contributed by atoms with Crippen LogP contribution >= 0.6 is 0 Å². The molecule has 0 fully saturated rings. The van der Waals surface area contributed by atoms with E-state index in [2.05, 4.69) is 0 Å². The monoisotopic (exact) mass is 260 g/mol. The fourth-order valence-corrected chi connectivity index (χ4v) is 2.14. The van der Waals surface area contributed by atoms with Crippen LogP contribution in [0.3, 0.4) is 0 Å². The predicted octanol–water partition coefficient (Wildman–Crippen LogP) is -0.351. The van der Waals surface area contributed by atoms with Crippen molar-refractivity contribution in [1.82, 2.24) is 9.80 Å². The number of aliphatic hydroxyl groups excluding tert-OH is 2. The van der Waals surface area contributed by atoms with Crippen LogP contribution in [0.5, 0.6) is 0 Å². The Morgan fingerprint density at radius 3 is 2.11 bits per heavy atom. The second-order valence-electron chi connectivity index (χ2n) is 4.46. The van der Waals surface area contributed by atoms with Gasteiger partial charge < -0.3 is 20.0 Å². The number of amides is 2. The highest BCUT2D eigenvalue weighted by Crippen LogP contribution is 2.22. The van der Waals surface area contributed by atoms with E-state index in [0.29, 0.717) is 32.1 Å². The Kier molecular flexibility index (Phi) is 8.32. The van der Waals surface area contributed by atoms with Gasteiger partial charge >= 0.3 is 0 Å². The summed E-state index contributed by atoms with van der Waals surface area (Å²) in [6.07, 6.45) is 2.12. The SMILES string of the molecule is CCC(C(O)N(C)C=O)C(CCCO)N(C)C=O. The average Bonchev–Trinajstić information content (AvgIpc) is 2.40. The topological polar surface area (TPSA) is 81.1 Å². The fourth-order valence-electron chi connectivity index (χ4n) is 2.14. The Bertz CT molecular complexity index is 250. The second kappa shape index (κ2) is 8.88.